The third-order valence-electron chi connectivity index (χ3n) is 2.75. The van der Waals surface area contributed by atoms with Crippen molar-refractivity contribution >= 4 is 21.6 Å². The number of hydrogen-bond donors (Lipinski definition) is 2. The Balaban J connectivity index is 2.77. The van der Waals surface area contributed by atoms with Crippen LogP contribution in [0.3, 0.4) is 0 Å². The molecule has 0 saturated heterocycles. The number of aliphatic hydroxyl groups is 1. The molecule has 0 bridgehead atoms. The standard InChI is InChI=1S/C13H21BrN2O2/c1-9(15)10-4-5-13(12(14)6-10)16(2)7-11(17)8-18-3/h4-6,9,11,17H,7-8,15H2,1-3H3/t9-,11?/m0/s1. The third kappa shape index (κ3) is 4.24. The lowest BCUT2D eigenvalue weighted by Crippen LogP contribution is -2.32. The van der Waals surface area contributed by atoms with Crippen molar-refractivity contribution in [2.45, 2.75) is 19.1 Å². The SMILES string of the molecule is COCC(O)CN(C)c1ccc([C@H](C)N)cc1Br. The number of benzene rings is 1. The smallest absolute Gasteiger partial charge is 0.0947 e. The van der Waals surface area contributed by atoms with E-state index >= 15 is 0 Å². The van der Waals surface area contributed by atoms with Crippen LogP contribution in [0.5, 0.6) is 0 Å². The van der Waals surface area contributed by atoms with Crippen molar-refractivity contribution in [3.63, 3.8) is 0 Å². The van der Waals surface area contributed by atoms with Crippen LogP contribution in [0.25, 0.3) is 0 Å². The molecule has 0 aliphatic carbocycles. The van der Waals surface area contributed by atoms with E-state index in [-0.39, 0.29) is 6.04 Å². The van der Waals surface area contributed by atoms with Crippen LogP contribution in [0.15, 0.2) is 22.7 Å². The summed E-state index contributed by atoms with van der Waals surface area (Å²) in [6.07, 6.45) is -0.500. The molecule has 102 valence electrons. The van der Waals surface area contributed by atoms with Crippen LogP contribution in [0.2, 0.25) is 0 Å². The van der Waals surface area contributed by atoms with Crippen LogP contribution in [-0.2, 0) is 4.74 Å². The lowest BCUT2D eigenvalue weighted by Gasteiger charge is -2.24. The zero-order chi connectivity index (χ0) is 13.7. The molecule has 18 heavy (non-hydrogen) atoms. The van der Waals surface area contributed by atoms with Crippen molar-refractivity contribution in [1.29, 1.82) is 0 Å². The van der Waals surface area contributed by atoms with Gasteiger partial charge in [-0.05, 0) is 40.5 Å². The van der Waals surface area contributed by atoms with Gasteiger partial charge in [0.2, 0.25) is 0 Å². The van der Waals surface area contributed by atoms with Crippen molar-refractivity contribution < 1.29 is 9.84 Å². The molecule has 0 aliphatic heterocycles. The quantitative estimate of drug-likeness (QED) is 0.841. The van der Waals surface area contributed by atoms with Gasteiger partial charge < -0.3 is 20.5 Å². The first kappa shape index (κ1) is 15.4. The summed E-state index contributed by atoms with van der Waals surface area (Å²) in [7, 11) is 3.51. The molecule has 1 aromatic rings. The number of ether oxygens (including phenoxy) is 1. The minimum Gasteiger partial charge on any atom is -0.389 e. The summed E-state index contributed by atoms with van der Waals surface area (Å²) in [4.78, 5) is 1.98. The number of methoxy groups -OCH3 is 1. The lowest BCUT2D eigenvalue weighted by atomic mass is 10.1. The van der Waals surface area contributed by atoms with Crippen LogP contribution in [-0.4, -0.2) is 38.5 Å². The first-order valence-electron chi connectivity index (χ1n) is 5.89. The molecule has 1 unspecified atom stereocenters. The van der Waals surface area contributed by atoms with Crippen molar-refractivity contribution in [1.82, 2.24) is 0 Å². The number of hydrogen-bond acceptors (Lipinski definition) is 4. The average Bonchev–Trinajstić information content (AvgIpc) is 2.28. The molecule has 0 aromatic heterocycles. The zero-order valence-corrected chi connectivity index (χ0v) is 12.6. The van der Waals surface area contributed by atoms with Crippen LogP contribution in [0.1, 0.15) is 18.5 Å². The number of aliphatic hydroxyl groups excluding tert-OH is 1. The maximum absolute atomic E-state index is 9.71. The Morgan fingerprint density at radius 3 is 2.67 bits per heavy atom. The van der Waals surface area contributed by atoms with Crippen molar-refractivity contribution in [2.75, 3.05) is 32.2 Å². The largest absolute Gasteiger partial charge is 0.389 e. The number of anilines is 1. The van der Waals surface area contributed by atoms with E-state index in [1.165, 1.54) is 0 Å². The predicted octanol–water partition coefficient (Wildman–Crippen LogP) is 1.91. The van der Waals surface area contributed by atoms with E-state index in [1.54, 1.807) is 7.11 Å². The molecule has 4 nitrogen and oxygen atoms in total. The number of halogens is 1. The summed E-state index contributed by atoms with van der Waals surface area (Å²) >= 11 is 3.53. The van der Waals surface area contributed by atoms with Crippen LogP contribution in [0, 0.1) is 0 Å². The van der Waals surface area contributed by atoms with Gasteiger partial charge in [-0.25, -0.2) is 0 Å². The molecule has 2 atom stereocenters. The summed E-state index contributed by atoms with van der Waals surface area (Å²) < 4.78 is 5.89. The molecule has 5 heteroatoms. The molecule has 0 amide bonds. The van der Waals surface area contributed by atoms with E-state index in [2.05, 4.69) is 15.9 Å². The van der Waals surface area contributed by atoms with Gasteiger partial charge in [0.15, 0.2) is 0 Å². The fourth-order valence-corrected chi connectivity index (χ4v) is 2.47. The normalized spacial score (nSPS) is 14.3. The lowest BCUT2D eigenvalue weighted by molar-refractivity contribution is 0.0695. The Morgan fingerprint density at radius 2 is 2.17 bits per heavy atom. The Morgan fingerprint density at radius 1 is 1.50 bits per heavy atom. The predicted molar refractivity (Wildman–Crippen MR) is 77.9 cm³/mol. The first-order chi connectivity index (χ1) is 8.45. The van der Waals surface area contributed by atoms with Gasteiger partial charge >= 0.3 is 0 Å². The maximum Gasteiger partial charge on any atom is 0.0947 e. The molecule has 0 radical (unpaired) electrons. The van der Waals surface area contributed by atoms with Gasteiger partial charge in [-0.15, -0.1) is 0 Å². The molecular weight excluding hydrogens is 296 g/mol. The highest BCUT2D eigenvalue weighted by molar-refractivity contribution is 9.10. The number of rotatable bonds is 6. The topological polar surface area (TPSA) is 58.7 Å². The summed E-state index contributed by atoms with van der Waals surface area (Å²) in [5.74, 6) is 0. The summed E-state index contributed by atoms with van der Waals surface area (Å²) in [5, 5.41) is 9.71. The van der Waals surface area contributed by atoms with Crippen molar-refractivity contribution in [3.05, 3.63) is 28.2 Å². The van der Waals surface area contributed by atoms with Gasteiger partial charge in [0.25, 0.3) is 0 Å². The van der Waals surface area contributed by atoms with Gasteiger partial charge in [-0.2, -0.15) is 0 Å². The molecule has 0 aliphatic rings. The molecule has 0 spiro atoms. The fraction of sp³-hybridized carbons (Fsp3) is 0.538. The Kier molecular flexibility index (Phi) is 6.08. The monoisotopic (exact) mass is 316 g/mol. The summed E-state index contributed by atoms with van der Waals surface area (Å²) in [6, 6.07) is 6.03. The van der Waals surface area contributed by atoms with Gasteiger partial charge in [0.05, 0.1) is 18.4 Å². The number of nitrogens with two attached hydrogens (primary N) is 1. The van der Waals surface area contributed by atoms with E-state index in [0.29, 0.717) is 13.2 Å². The molecular formula is C13H21BrN2O2. The van der Waals surface area contributed by atoms with E-state index in [4.69, 9.17) is 10.5 Å². The van der Waals surface area contributed by atoms with Gasteiger partial charge in [-0.3, -0.25) is 0 Å². The van der Waals surface area contributed by atoms with E-state index in [1.807, 2.05) is 37.1 Å². The van der Waals surface area contributed by atoms with Crippen molar-refractivity contribution in [2.24, 2.45) is 5.73 Å². The summed E-state index contributed by atoms with van der Waals surface area (Å²) in [6.45, 7) is 2.80. The molecule has 0 fully saturated rings. The third-order valence-corrected chi connectivity index (χ3v) is 3.39. The molecule has 1 aromatic carbocycles. The Hall–Kier alpha value is -0.620. The molecule has 0 saturated carbocycles. The van der Waals surface area contributed by atoms with E-state index in [9.17, 15) is 5.11 Å². The van der Waals surface area contributed by atoms with Gasteiger partial charge in [-0.1, -0.05) is 6.07 Å². The van der Waals surface area contributed by atoms with Gasteiger partial charge in [0.1, 0.15) is 0 Å². The highest BCUT2D eigenvalue weighted by Crippen LogP contribution is 2.28. The Bertz CT molecular complexity index is 385. The van der Waals surface area contributed by atoms with Crippen LogP contribution < -0.4 is 10.6 Å². The second-order valence-electron chi connectivity index (χ2n) is 4.49. The second-order valence-corrected chi connectivity index (χ2v) is 5.34. The van der Waals surface area contributed by atoms with E-state index in [0.717, 1.165) is 15.7 Å². The minimum atomic E-state index is -0.500. The van der Waals surface area contributed by atoms with Crippen LogP contribution >= 0.6 is 15.9 Å². The average molecular weight is 317 g/mol. The Labute approximate surface area is 117 Å². The maximum atomic E-state index is 9.71. The van der Waals surface area contributed by atoms with Crippen molar-refractivity contribution in [3.8, 4) is 0 Å². The minimum absolute atomic E-state index is 0.0136. The molecule has 3 N–H and O–H groups in total. The van der Waals surface area contributed by atoms with Gasteiger partial charge in [0, 0.05) is 31.2 Å². The first-order valence-corrected chi connectivity index (χ1v) is 6.68. The number of likely N-dealkylation sites (N-methyl/N-ethyl adjacent to an activating group) is 1. The second kappa shape index (κ2) is 7.09. The highest BCUT2D eigenvalue weighted by Gasteiger charge is 2.12. The fourth-order valence-electron chi connectivity index (χ4n) is 1.78. The van der Waals surface area contributed by atoms with Crippen LogP contribution in [0.4, 0.5) is 5.69 Å². The van der Waals surface area contributed by atoms with E-state index < -0.39 is 6.10 Å². The zero-order valence-electron chi connectivity index (χ0n) is 11.1. The molecule has 1 rings (SSSR count). The molecule has 0 heterocycles. The summed E-state index contributed by atoms with van der Waals surface area (Å²) in [5.41, 5.74) is 7.94. The highest BCUT2D eigenvalue weighted by atomic mass is 79.9. The number of nitrogens with zero attached hydrogens (tertiary/aromatic N) is 1.